The van der Waals surface area contributed by atoms with Gasteiger partial charge in [0.2, 0.25) is 0 Å². The molecule has 4 rings (SSSR count). The standard InChI is InChI=1S/C23H23IN2O5/c24-20-21(30-14-17-9-5-2-6-10-17)18(15-29-13-16-7-3-1-4-8-16)31-22(20)26-12-11-19(27)25-23(26)28/h1-12,18,20-22H,13-15H2,(H,25,27,28)/t18-,20-,21+,22-/m1/s1. The molecule has 0 amide bonds. The molecule has 0 bridgehead atoms. The molecule has 0 unspecified atom stereocenters. The van der Waals surface area contributed by atoms with Crippen LogP contribution in [0.4, 0.5) is 0 Å². The van der Waals surface area contributed by atoms with Crippen LogP contribution in [0.3, 0.4) is 0 Å². The molecular weight excluding hydrogens is 511 g/mol. The van der Waals surface area contributed by atoms with Crippen LogP contribution in [-0.2, 0) is 27.4 Å². The number of nitrogens with one attached hydrogen (secondary N) is 1. The van der Waals surface area contributed by atoms with E-state index in [0.717, 1.165) is 11.1 Å². The van der Waals surface area contributed by atoms with E-state index in [-0.39, 0.29) is 16.1 Å². The monoisotopic (exact) mass is 534 g/mol. The molecule has 2 aromatic carbocycles. The first-order valence-corrected chi connectivity index (χ1v) is 11.2. The second kappa shape index (κ2) is 10.4. The maximum absolute atomic E-state index is 12.3. The maximum atomic E-state index is 12.3. The summed E-state index contributed by atoms with van der Waals surface area (Å²) in [5, 5.41) is 0. The van der Waals surface area contributed by atoms with E-state index in [1.54, 1.807) is 0 Å². The van der Waals surface area contributed by atoms with Gasteiger partial charge in [0.15, 0.2) is 6.23 Å². The van der Waals surface area contributed by atoms with Crippen molar-refractivity contribution in [3.63, 3.8) is 0 Å². The summed E-state index contributed by atoms with van der Waals surface area (Å²) < 4.78 is 19.6. The summed E-state index contributed by atoms with van der Waals surface area (Å²) in [6.45, 7) is 1.21. The van der Waals surface area contributed by atoms with E-state index in [1.807, 2.05) is 60.7 Å². The van der Waals surface area contributed by atoms with E-state index in [2.05, 4.69) is 27.6 Å². The first-order chi connectivity index (χ1) is 15.1. The minimum absolute atomic E-state index is 0.157. The SMILES string of the molecule is O=c1ccn([C@@H]2O[C@H](COCc3ccccc3)[C@H](OCc3ccccc3)[C@H]2I)c(=O)[nH]1. The Morgan fingerprint density at radius 2 is 1.58 bits per heavy atom. The van der Waals surface area contributed by atoms with Gasteiger partial charge >= 0.3 is 5.69 Å². The summed E-state index contributed by atoms with van der Waals surface area (Å²) in [6.07, 6.45) is 0.230. The first-order valence-electron chi connectivity index (χ1n) is 10.00. The molecule has 1 aliphatic rings. The van der Waals surface area contributed by atoms with Gasteiger partial charge in [0.05, 0.1) is 23.7 Å². The Morgan fingerprint density at radius 3 is 2.23 bits per heavy atom. The Morgan fingerprint density at radius 1 is 0.935 bits per heavy atom. The lowest BCUT2D eigenvalue weighted by Crippen LogP contribution is -2.36. The van der Waals surface area contributed by atoms with Gasteiger partial charge in [0.25, 0.3) is 5.56 Å². The lowest BCUT2D eigenvalue weighted by atomic mass is 10.1. The van der Waals surface area contributed by atoms with Crippen LogP contribution in [0.1, 0.15) is 17.4 Å². The van der Waals surface area contributed by atoms with Crippen molar-refractivity contribution in [2.45, 2.75) is 35.6 Å². The van der Waals surface area contributed by atoms with Gasteiger partial charge in [-0.2, -0.15) is 0 Å². The van der Waals surface area contributed by atoms with Crippen molar-refractivity contribution >= 4 is 22.6 Å². The Balaban J connectivity index is 1.49. The van der Waals surface area contributed by atoms with Crippen molar-refractivity contribution in [2.24, 2.45) is 0 Å². The third kappa shape index (κ3) is 5.51. The van der Waals surface area contributed by atoms with Crippen LogP contribution in [0, 0.1) is 0 Å². The molecule has 1 N–H and O–H groups in total. The molecule has 0 aliphatic carbocycles. The molecule has 31 heavy (non-hydrogen) atoms. The van der Waals surface area contributed by atoms with E-state index < -0.39 is 17.5 Å². The molecular formula is C23H23IN2O5. The highest BCUT2D eigenvalue weighted by Gasteiger charge is 2.45. The molecule has 7 nitrogen and oxygen atoms in total. The Bertz CT molecular complexity index is 1090. The molecule has 1 aliphatic heterocycles. The highest BCUT2D eigenvalue weighted by atomic mass is 127. The lowest BCUT2D eigenvalue weighted by Gasteiger charge is -2.21. The van der Waals surface area contributed by atoms with Crippen molar-refractivity contribution in [1.29, 1.82) is 0 Å². The highest BCUT2D eigenvalue weighted by molar-refractivity contribution is 14.1. The van der Waals surface area contributed by atoms with Gasteiger partial charge in [-0.15, -0.1) is 0 Å². The zero-order valence-electron chi connectivity index (χ0n) is 16.7. The summed E-state index contributed by atoms with van der Waals surface area (Å²) in [7, 11) is 0. The Hall–Kier alpha value is -2.27. The zero-order valence-corrected chi connectivity index (χ0v) is 18.9. The predicted octanol–water partition coefficient (Wildman–Crippen LogP) is 3.04. The second-order valence-electron chi connectivity index (χ2n) is 7.29. The van der Waals surface area contributed by atoms with E-state index in [0.29, 0.717) is 19.8 Å². The average molecular weight is 534 g/mol. The van der Waals surface area contributed by atoms with Crippen molar-refractivity contribution in [1.82, 2.24) is 9.55 Å². The second-order valence-corrected chi connectivity index (χ2v) is 8.73. The average Bonchev–Trinajstić information content (AvgIpc) is 3.09. The van der Waals surface area contributed by atoms with Gasteiger partial charge in [0, 0.05) is 12.3 Å². The predicted molar refractivity (Wildman–Crippen MR) is 124 cm³/mol. The molecule has 0 radical (unpaired) electrons. The van der Waals surface area contributed by atoms with Crippen LogP contribution in [0.5, 0.6) is 0 Å². The van der Waals surface area contributed by atoms with Crippen LogP contribution in [0.25, 0.3) is 0 Å². The van der Waals surface area contributed by atoms with Crippen LogP contribution in [0.2, 0.25) is 0 Å². The number of halogens is 1. The molecule has 162 valence electrons. The fourth-order valence-electron chi connectivity index (χ4n) is 3.51. The minimum atomic E-state index is -0.573. The minimum Gasteiger partial charge on any atom is -0.374 e. The van der Waals surface area contributed by atoms with Crippen molar-refractivity contribution in [3.05, 3.63) is 105 Å². The molecule has 0 spiro atoms. The smallest absolute Gasteiger partial charge is 0.330 e. The molecule has 3 aromatic rings. The van der Waals surface area contributed by atoms with Crippen LogP contribution >= 0.6 is 22.6 Å². The quantitative estimate of drug-likeness (QED) is 0.355. The number of alkyl halides is 1. The normalized spacial score (nSPS) is 23.1. The number of H-pyrrole nitrogens is 1. The van der Waals surface area contributed by atoms with Crippen molar-refractivity contribution < 1.29 is 14.2 Å². The third-order valence-corrected chi connectivity index (χ3v) is 6.40. The summed E-state index contributed by atoms with van der Waals surface area (Å²) >= 11 is 2.25. The number of hydrogen-bond acceptors (Lipinski definition) is 5. The molecule has 1 saturated heterocycles. The number of rotatable bonds is 8. The first kappa shape index (κ1) is 21.9. The number of aromatic amines is 1. The number of aromatic nitrogens is 2. The van der Waals surface area contributed by atoms with Crippen LogP contribution in [-0.4, -0.2) is 32.3 Å². The maximum Gasteiger partial charge on any atom is 0.330 e. The van der Waals surface area contributed by atoms with E-state index in [4.69, 9.17) is 14.2 Å². The number of nitrogens with zero attached hydrogens (tertiary/aromatic N) is 1. The van der Waals surface area contributed by atoms with Crippen LogP contribution < -0.4 is 11.2 Å². The topological polar surface area (TPSA) is 82.5 Å². The summed E-state index contributed by atoms with van der Waals surface area (Å²) in [5.74, 6) is 0. The number of hydrogen-bond donors (Lipinski definition) is 1. The van der Waals surface area contributed by atoms with E-state index in [9.17, 15) is 9.59 Å². The largest absolute Gasteiger partial charge is 0.374 e. The van der Waals surface area contributed by atoms with Gasteiger partial charge in [-0.1, -0.05) is 83.3 Å². The van der Waals surface area contributed by atoms with Gasteiger partial charge < -0.3 is 14.2 Å². The van der Waals surface area contributed by atoms with E-state index in [1.165, 1.54) is 16.8 Å². The lowest BCUT2D eigenvalue weighted by molar-refractivity contribution is -0.0831. The van der Waals surface area contributed by atoms with Gasteiger partial charge in [-0.05, 0) is 11.1 Å². The molecule has 0 saturated carbocycles. The van der Waals surface area contributed by atoms with Gasteiger partial charge in [0.1, 0.15) is 12.2 Å². The fraction of sp³-hybridized carbons (Fsp3) is 0.304. The fourth-order valence-corrected chi connectivity index (χ4v) is 4.70. The summed E-state index contributed by atoms with van der Waals surface area (Å²) in [6, 6.07) is 21.1. The van der Waals surface area contributed by atoms with E-state index >= 15 is 0 Å². The molecule has 2 heterocycles. The molecule has 4 atom stereocenters. The summed E-state index contributed by atoms with van der Waals surface area (Å²) in [5.41, 5.74) is 1.18. The van der Waals surface area contributed by atoms with Crippen molar-refractivity contribution in [2.75, 3.05) is 6.61 Å². The molecule has 8 heteroatoms. The third-order valence-electron chi connectivity index (χ3n) is 5.07. The van der Waals surface area contributed by atoms with Gasteiger partial charge in [-0.3, -0.25) is 14.3 Å². The Kier molecular flexibility index (Phi) is 7.33. The number of ether oxygens (including phenoxy) is 3. The summed E-state index contributed by atoms with van der Waals surface area (Å²) in [4.78, 5) is 26.0. The van der Waals surface area contributed by atoms with Crippen molar-refractivity contribution in [3.8, 4) is 0 Å². The highest BCUT2D eigenvalue weighted by Crippen LogP contribution is 2.36. The molecule has 1 fully saturated rings. The van der Waals surface area contributed by atoms with Gasteiger partial charge in [-0.25, -0.2) is 4.79 Å². The number of benzene rings is 2. The Labute approximate surface area is 193 Å². The van der Waals surface area contributed by atoms with Crippen LogP contribution in [0.15, 0.2) is 82.5 Å². The molecule has 1 aromatic heterocycles. The zero-order chi connectivity index (χ0) is 21.6.